The van der Waals surface area contributed by atoms with Gasteiger partial charge in [-0.2, -0.15) is 0 Å². The van der Waals surface area contributed by atoms with Crippen molar-refractivity contribution in [2.24, 2.45) is 22.2 Å². The number of nitrogens with one attached hydrogen (secondary N) is 2. The summed E-state index contributed by atoms with van der Waals surface area (Å²) in [6, 6.07) is 0.398. The van der Waals surface area contributed by atoms with Gasteiger partial charge in [-0.1, -0.05) is 33.1 Å². The molecule has 24 heavy (non-hydrogen) atoms. The van der Waals surface area contributed by atoms with Gasteiger partial charge in [-0.05, 0) is 32.1 Å². The van der Waals surface area contributed by atoms with Gasteiger partial charge in [0.05, 0.1) is 18.8 Å². The van der Waals surface area contributed by atoms with Crippen LogP contribution in [-0.4, -0.2) is 49.0 Å². The molecule has 4 atom stereocenters. The quantitative estimate of drug-likeness (QED) is 0.532. The SMILES string of the molecule is CCNC(=NCC(O)C1CCCCC1)NC1C2CCOC2C1(C)C. The van der Waals surface area contributed by atoms with E-state index in [1.807, 2.05) is 0 Å². The van der Waals surface area contributed by atoms with Crippen LogP contribution in [0.15, 0.2) is 4.99 Å². The van der Waals surface area contributed by atoms with Crippen LogP contribution >= 0.6 is 0 Å². The second-order valence-electron chi connectivity index (χ2n) is 8.37. The molecule has 3 fully saturated rings. The van der Waals surface area contributed by atoms with E-state index in [2.05, 4.69) is 31.4 Å². The van der Waals surface area contributed by atoms with Gasteiger partial charge in [-0.25, -0.2) is 0 Å². The number of nitrogens with zero attached hydrogens (tertiary/aromatic N) is 1. The highest BCUT2D eigenvalue weighted by atomic mass is 16.5. The van der Waals surface area contributed by atoms with E-state index in [1.54, 1.807) is 0 Å². The number of hydrogen-bond acceptors (Lipinski definition) is 3. The molecule has 5 heteroatoms. The van der Waals surface area contributed by atoms with Crippen molar-refractivity contribution in [1.82, 2.24) is 10.6 Å². The fraction of sp³-hybridized carbons (Fsp3) is 0.947. The Hall–Kier alpha value is -0.810. The molecule has 3 aliphatic rings. The number of aliphatic hydroxyl groups is 1. The van der Waals surface area contributed by atoms with Gasteiger partial charge in [0.15, 0.2) is 5.96 Å². The number of ether oxygens (including phenoxy) is 1. The van der Waals surface area contributed by atoms with Gasteiger partial charge in [0.25, 0.3) is 0 Å². The molecule has 0 amide bonds. The smallest absolute Gasteiger partial charge is 0.191 e. The lowest BCUT2D eigenvalue weighted by Crippen LogP contribution is -2.68. The van der Waals surface area contributed by atoms with Crippen LogP contribution in [0.4, 0.5) is 0 Å². The predicted molar refractivity (Wildman–Crippen MR) is 97.1 cm³/mol. The van der Waals surface area contributed by atoms with E-state index in [-0.39, 0.29) is 11.5 Å². The molecule has 0 aromatic rings. The van der Waals surface area contributed by atoms with E-state index in [4.69, 9.17) is 9.73 Å². The third-order valence-corrected chi connectivity index (χ3v) is 6.37. The third kappa shape index (κ3) is 3.57. The van der Waals surface area contributed by atoms with Crippen molar-refractivity contribution in [3.63, 3.8) is 0 Å². The summed E-state index contributed by atoms with van der Waals surface area (Å²) in [5, 5.41) is 17.4. The Bertz CT molecular complexity index is 446. The molecule has 3 N–H and O–H groups in total. The largest absolute Gasteiger partial charge is 0.391 e. The first-order chi connectivity index (χ1) is 11.5. The minimum atomic E-state index is -0.308. The molecule has 0 aromatic heterocycles. The van der Waals surface area contributed by atoms with Crippen molar-refractivity contribution in [3.05, 3.63) is 0 Å². The van der Waals surface area contributed by atoms with E-state index in [0.717, 1.165) is 38.4 Å². The molecule has 5 nitrogen and oxygen atoms in total. The van der Waals surface area contributed by atoms with E-state index in [1.165, 1.54) is 19.3 Å². The van der Waals surface area contributed by atoms with Crippen molar-refractivity contribution in [2.45, 2.75) is 77.5 Å². The average molecular weight is 338 g/mol. The summed E-state index contributed by atoms with van der Waals surface area (Å²) < 4.78 is 5.88. The molecule has 0 radical (unpaired) electrons. The van der Waals surface area contributed by atoms with Crippen LogP contribution in [0.5, 0.6) is 0 Å². The Morgan fingerprint density at radius 1 is 1.25 bits per heavy atom. The molecule has 2 aliphatic carbocycles. The van der Waals surface area contributed by atoms with Crippen LogP contribution in [0.2, 0.25) is 0 Å². The zero-order valence-corrected chi connectivity index (χ0v) is 15.6. The Morgan fingerprint density at radius 3 is 2.71 bits per heavy atom. The standard InChI is InChI=1S/C19H35N3O2/c1-4-20-18(21-12-15(23)13-8-6-5-7-9-13)22-16-14-10-11-24-17(14)19(16,2)3/h13-17,23H,4-12H2,1-3H3,(H2,20,21,22). The predicted octanol–water partition coefficient (Wildman–Crippen LogP) is 2.30. The van der Waals surface area contributed by atoms with Gasteiger partial charge >= 0.3 is 0 Å². The molecule has 138 valence electrons. The molecular formula is C19H35N3O2. The van der Waals surface area contributed by atoms with Crippen LogP contribution in [0.25, 0.3) is 0 Å². The van der Waals surface area contributed by atoms with Gasteiger partial charge in [0, 0.05) is 30.5 Å². The lowest BCUT2D eigenvalue weighted by atomic mass is 9.57. The molecule has 1 aliphatic heterocycles. The van der Waals surface area contributed by atoms with Gasteiger partial charge in [-0.3, -0.25) is 4.99 Å². The van der Waals surface area contributed by atoms with E-state index in [9.17, 15) is 5.11 Å². The van der Waals surface area contributed by atoms with Crippen LogP contribution in [-0.2, 0) is 4.74 Å². The van der Waals surface area contributed by atoms with Crippen molar-refractivity contribution in [1.29, 1.82) is 0 Å². The number of aliphatic imine (C=N–C) groups is 1. The highest BCUT2D eigenvalue weighted by Gasteiger charge is 2.59. The molecule has 1 heterocycles. The first-order valence-electron chi connectivity index (χ1n) is 9.88. The molecule has 0 aromatic carbocycles. The molecule has 0 bridgehead atoms. The Labute approximate surface area is 146 Å². The average Bonchev–Trinajstić information content (AvgIpc) is 3.05. The van der Waals surface area contributed by atoms with Crippen molar-refractivity contribution >= 4 is 5.96 Å². The Morgan fingerprint density at radius 2 is 2.00 bits per heavy atom. The topological polar surface area (TPSA) is 65.9 Å². The normalized spacial score (nSPS) is 34.3. The van der Waals surface area contributed by atoms with E-state index >= 15 is 0 Å². The zero-order valence-electron chi connectivity index (χ0n) is 15.6. The summed E-state index contributed by atoms with van der Waals surface area (Å²) in [5.41, 5.74) is 0.138. The maximum Gasteiger partial charge on any atom is 0.191 e. The monoisotopic (exact) mass is 337 g/mol. The number of fused-ring (bicyclic) bond motifs is 1. The van der Waals surface area contributed by atoms with Crippen LogP contribution in [0.3, 0.4) is 0 Å². The van der Waals surface area contributed by atoms with Crippen molar-refractivity contribution in [3.8, 4) is 0 Å². The summed E-state index contributed by atoms with van der Waals surface area (Å²) in [6.07, 6.45) is 7.33. The van der Waals surface area contributed by atoms with Gasteiger partial charge < -0.3 is 20.5 Å². The molecule has 2 saturated carbocycles. The summed E-state index contributed by atoms with van der Waals surface area (Å²) >= 11 is 0. The molecular weight excluding hydrogens is 302 g/mol. The lowest BCUT2D eigenvalue weighted by molar-refractivity contribution is -0.106. The maximum atomic E-state index is 10.5. The molecule has 0 spiro atoms. The third-order valence-electron chi connectivity index (χ3n) is 6.37. The van der Waals surface area contributed by atoms with Gasteiger partial charge in [0.1, 0.15) is 0 Å². The minimum Gasteiger partial charge on any atom is -0.391 e. The molecule has 1 saturated heterocycles. The van der Waals surface area contributed by atoms with Crippen LogP contribution in [0, 0.1) is 17.3 Å². The first kappa shape index (κ1) is 18.0. The number of aliphatic hydroxyl groups excluding tert-OH is 1. The summed E-state index contributed by atoms with van der Waals surface area (Å²) in [5.74, 6) is 1.86. The van der Waals surface area contributed by atoms with E-state index < -0.39 is 0 Å². The lowest BCUT2D eigenvalue weighted by Gasteiger charge is -2.54. The van der Waals surface area contributed by atoms with Gasteiger partial charge in [0.2, 0.25) is 0 Å². The fourth-order valence-electron chi connectivity index (χ4n) is 4.94. The summed E-state index contributed by atoms with van der Waals surface area (Å²) in [6.45, 7) is 8.85. The molecule has 3 rings (SSSR count). The second kappa shape index (κ2) is 7.61. The highest BCUT2D eigenvalue weighted by molar-refractivity contribution is 5.80. The second-order valence-corrected chi connectivity index (χ2v) is 8.37. The number of hydrogen-bond donors (Lipinski definition) is 3. The Balaban J connectivity index is 1.57. The van der Waals surface area contributed by atoms with Crippen molar-refractivity contribution in [2.75, 3.05) is 19.7 Å². The van der Waals surface area contributed by atoms with Crippen LogP contribution in [0.1, 0.15) is 59.3 Å². The molecule has 4 unspecified atom stereocenters. The van der Waals surface area contributed by atoms with Gasteiger partial charge in [-0.15, -0.1) is 0 Å². The fourth-order valence-corrected chi connectivity index (χ4v) is 4.94. The van der Waals surface area contributed by atoms with E-state index in [0.29, 0.717) is 30.5 Å². The van der Waals surface area contributed by atoms with Crippen molar-refractivity contribution < 1.29 is 9.84 Å². The summed E-state index contributed by atoms with van der Waals surface area (Å²) in [7, 11) is 0. The highest BCUT2D eigenvalue weighted by Crippen LogP contribution is 2.52. The number of guanidine groups is 1. The Kier molecular flexibility index (Phi) is 5.70. The first-order valence-corrected chi connectivity index (χ1v) is 9.88. The zero-order chi connectivity index (χ0) is 17.2. The van der Waals surface area contributed by atoms with Crippen LogP contribution < -0.4 is 10.6 Å². The summed E-state index contributed by atoms with van der Waals surface area (Å²) in [4.78, 5) is 4.69. The maximum absolute atomic E-state index is 10.5. The number of rotatable bonds is 5. The minimum absolute atomic E-state index is 0.138.